The fraction of sp³-hybridized carbons (Fsp3) is 0.259. The number of phenols is 1. The number of methoxy groups -OCH3 is 1. The number of amides is 1. The van der Waals surface area contributed by atoms with E-state index in [0.717, 1.165) is 16.2 Å². The van der Waals surface area contributed by atoms with Gasteiger partial charge in [-0.25, -0.2) is 9.78 Å². The Kier molecular flexibility index (Phi) is 6.87. The number of nitrogens with zero attached hydrogens (tertiary/aromatic N) is 2. The van der Waals surface area contributed by atoms with Gasteiger partial charge in [0, 0.05) is 5.56 Å². The van der Waals surface area contributed by atoms with E-state index in [2.05, 4.69) is 4.98 Å². The van der Waals surface area contributed by atoms with Crippen LogP contribution in [-0.2, 0) is 14.3 Å². The van der Waals surface area contributed by atoms with E-state index in [9.17, 15) is 24.6 Å². The third kappa shape index (κ3) is 4.52. The number of phenolic OH excluding ortho intramolecular Hbond substituents is 1. The number of rotatable bonds is 6. The number of anilines is 1. The topological polar surface area (TPSA) is 145 Å². The standard InChI is InChI=1S/C27H24N2O9S/c1-4-36-18-11-14(5-7-16(18)30)21-20(22(31)15-6-8-17-19(12-15)38-10-9-37-17)23(32)25(33)29(21)27-28-13(2)24(39-27)26(34)35-3/h5-8,11-12,21,30-31H,4,9-10H2,1-3H3/b22-20+. The van der Waals surface area contributed by atoms with Gasteiger partial charge in [0.2, 0.25) is 0 Å². The average molecular weight is 553 g/mol. The van der Waals surface area contributed by atoms with Crippen LogP contribution < -0.4 is 19.1 Å². The zero-order valence-electron chi connectivity index (χ0n) is 21.2. The molecule has 0 radical (unpaired) electrons. The van der Waals surface area contributed by atoms with Crippen molar-refractivity contribution in [1.29, 1.82) is 0 Å². The summed E-state index contributed by atoms with van der Waals surface area (Å²) in [5.74, 6) is -2.11. The van der Waals surface area contributed by atoms with Gasteiger partial charge in [-0.15, -0.1) is 0 Å². The lowest BCUT2D eigenvalue weighted by Crippen LogP contribution is -2.29. The minimum absolute atomic E-state index is 0.0623. The van der Waals surface area contributed by atoms with Gasteiger partial charge in [-0.2, -0.15) is 0 Å². The van der Waals surface area contributed by atoms with E-state index in [1.165, 1.54) is 31.4 Å². The highest BCUT2D eigenvalue weighted by molar-refractivity contribution is 7.17. The molecule has 5 rings (SSSR count). The van der Waals surface area contributed by atoms with Crippen molar-refractivity contribution in [3.63, 3.8) is 0 Å². The highest BCUT2D eigenvalue weighted by Gasteiger charge is 2.48. The van der Waals surface area contributed by atoms with E-state index in [-0.39, 0.29) is 39.3 Å². The summed E-state index contributed by atoms with van der Waals surface area (Å²) < 4.78 is 21.5. The molecule has 1 fully saturated rings. The maximum absolute atomic E-state index is 13.5. The SMILES string of the molecule is CCOc1cc(C2/C(=C(\O)c3ccc4c(c3)OCCO4)C(=O)C(=O)N2c2nc(C)c(C(=O)OC)s2)ccc1O. The van der Waals surface area contributed by atoms with Gasteiger partial charge in [0.25, 0.3) is 5.78 Å². The summed E-state index contributed by atoms with van der Waals surface area (Å²) in [5, 5.41) is 21.8. The number of carbonyl (C=O) groups is 3. The predicted octanol–water partition coefficient (Wildman–Crippen LogP) is 3.74. The summed E-state index contributed by atoms with van der Waals surface area (Å²) in [6.07, 6.45) is 0. The maximum atomic E-state index is 13.5. The maximum Gasteiger partial charge on any atom is 0.350 e. The summed E-state index contributed by atoms with van der Waals surface area (Å²) in [7, 11) is 1.23. The minimum Gasteiger partial charge on any atom is -0.507 e. The van der Waals surface area contributed by atoms with Crippen LogP contribution in [0.15, 0.2) is 42.0 Å². The van der Waals surface area contributed by atoms with Gasteiger partial charge in [-0.3, -0.25) is 14.5 Å². The second-order valence-corrected chi connectivity index (χ2v) is 9.57. The summed E-state index contributed by atoms with van der Waals surface area (Å²) >= 11 is 0.885. The normalized spacial score (nSPS) is 17.8. The molecule has 2 N–H and O–H groups in total. The van der Waals surface area contributed by atoms with E-state index in [1.54, 1.807) is 26.0 Å². The van der Waals surface area contributed by atoms with Crippen LogP contribution in [0.25, 0.3) is 5.76 Å². The second-order valence-electron chi connectivity index (χ2n) is 8.59. The number of aryl methyl sites for hydroxylation is 1. The van der Waals surface area contributed by atoms with Gasteiger partial charge in [0.15, 0.2) is 28.1 Å². The van der Waals surface area contributed by atoms with Crippen LogP contribution in [0.4, 0.5) is 5.13 Å². The molecule has 2 aromatic carbocycles. The lowest BCUT2D eigenvalue weighted by molar-refractivity contribution is -0.132. The van der Waals surface area contributed by atoms with Gasteiger partial charge in [-0.05, 0) is 49.7 Å². The van der Waals surface area contributed by atoms with Crippen molar-refractivity contribution in [3.05, 3.63) is 63.7 Å². The van der Waals surface area contributed by atoms with Gasteiger partial charge < -0.3 is 29.2 Å². The first kappa shape index (κ1) is 26.0. The molecule has 1 aromatic heterocycles. The number of Topliss-reactive ketones (excluding diaryl/α,β-unsaturated/α-hetero) is 1. The summed E-state index contributed by atoms with van der Waals surface area (Å²) in [4.78, 5) is 44.9. The molecule has 3 aromatic rings. The molecule has 12 heteroatoms. The van der Waals surface area contributed by atoms with Gasteiger partial charge in [0.1, 0.15) is 23.9 Å². The first-order valence-electron chi connectivity index (χ1n) is 12.0. The number of thiazole rings is 1. The first-order chi connectivity index (χ1) is 18.7. The highest BCUT2D eigenvalue weighted by atomic mass is 32.1. The molecule has 1 amide bonds. The van der Waals surface area contributed by atoms with Crippen LogP contribution in [0.3, 0.4) is 0 Å². The first-order valence-corrected chi connectivity index (χ1v) is 12.8. The molecule has 3 heterocycles. The molecule has 202 valence electrons. The van der Waals surface area contributed by atoms with E-state index >= 15 is 0 Å². The molecule has 0 aliphatic carbocycles. The summed E-state index contributed by atoms with van der Waals surface area (Å²) in [6, 6.07) is 7.90. The van der Waals surface area contributed by atoms with E-state index in [4.69, 9.17) is 18.9 Å². The largest absolute Gasteiger partial charge is 0.507 e. The zero-order chi connectivity index (χ0) is 27.8. The van der Waals surface area contributed by atoms with Crippen molar-refractivity contribution in [1.82, 2.24) is 4.98 Å². The van der Waals surface area contributed by atoms with Crippen molar-refractivity contribution in [2.75, 3.05) is 31.8 Å². The molecule has 11 nitrogen and oxygen atoms in total. The third-order valence-corrected chi connectivity index (χ3v) is 7.36. The second kappa shape index (κ2) is 10.3. The quantitative estimate of drug-likeness (QED) is 0.201. The van der Waals surface area contributed by atoms with Crippen molar-refractivity contribution in [2.45, 2.75) is 19.9 Å². The smallest absolute Gasteiger partial charge is 0.350 e. The Morgan fingerprint density at radius 1 is 1.15 bits per heavy atom. The van der Waals surface area contributed by atoms with Crippen LogP contribution in [0.5, 0.6) is 23.0 Å². The molecule has 0 saturated carbocycles. The van der Waals surface area contributed by atoms with Crippen LogP contribution >= 0.6 is 11.3 Å². The summed E-state index contributed by atoms with van der Waals surface area (Å²) in [5.41, 5.74) is 0.700. The van der Waals surface area contributed by atoms with E-state index < -0.39 is 29.5 Å². The zero-order valence-corrected chi connectivity index (χ0v) is 22.0. The van der Waals surface area contributed by atoms with Crippen molar-refractivity contribution < 1.29 is 43.5 Å². The lowest BCUT2D eigenvalue weighted by Gasteiger charge is -2.24. The molecule has 39 heavy (non-hydrogen) atoms. The minimum atomic E-state index is -1.16. The monoisotopic (exact) mass is 552 g/mol. The average Bonchev–Trinajstić information content (AvgIpc) is 3.45. The number of carbonyl (C=O) groups excluding carboxylic acids is 3. The molecular formula is C27H24N2O9S. The fourth-order valence-electron chi connectivity index (χ4n) is 4.43. The van der Waals surface area contributed by atoms with Crippen molar-refractivity contribution >= 4 is 39.9 Å². The number of esters is 1. The number of aromatic hydroxyl groups is 1. The van der Waals surface area contributed by atoms with Crippen LogP contribution in [0.2, 0.25) is 0 Å². The Labute approximate surface area is 226 Å². The number of ether oxygens (including phenoxy) is 4. The lowest BCUT2D eigenvalue weighted by atomic mass is 9.95. The van der Waals surface area contributed by atoms with E-state index in [1.807, 2.05) is 0 Å². The van der Waals surface area contributed by atoms with Crippen LogP contribution in [0, 0.1) is 6.92 Å². The van der Waals surface area contributed by atoms with Crippen LogP contribution in [0.1, 0.15) is 39.5 Å². The van der Waals surface area contributed by atoms with Crippen molar-refractivity contribution in [3.8, 4) is 23.0 Å². The number of fused-ring (bicyclic) bond motifs is 1. The Bertz CT molecular complexity index is 1530. The van der Waals surface area contributed by atoms with Gasteiger partial charge >= 0.3 is 11.9 Å². The molecule has 1 saturated heterocycles. The highest BCUT2D eigenvalue weighted by Crippen LogP contribution is 2.46. The molecule has 0 bridgehead atoms. The van der Waals surface area contributed by atoms with Crippen molar-refractivity contribution in [2.24, 2.45) is 0 Å². The number of aliphatic hydroxyl groups is 1. The Morgan fingerprint density at radius 2 is 1.90 bits per heavy atom. The number of hydrogen-bond acceptors (Lipinski definition) is 11. The van der Waals surface area contributed by atoms with Gasteiger partial charge in [-0.1, -0.05) is 17.4 Å². The molecule has 2 aliphatic rings. The molecule has 1 unspecified atom stereocenters. The molecular weight excluding hydrogens is 528 g/mol. The number of aliphatic hydroxyl groups excluding tert-OH is 1. The molecule has 0 spiro atoms. The third-order valence-electron chi connectivity index (χ3n) is 6.22. The van der Waals surface area contributed by atoms with E-state index in [0.29, 0.717) is 36.0 Å². The number of hydrogen-bond donors (Lipinski definition) is 2. The van der Waals surface area contributed by atoms with Gasteiger partial charge in [0.05, 0.1) is 31.0 Å². The number of benzene rings is 2. The van der Waals surface area contributed by atoms with Crippen LogP contribution in [-0.4, -0.2) is 59.8 Å². The Hall–Kier alpha value is -4.58. The fourth-order valence-corrected chi connectivity index (χ4v) is 5.44. The predicted molar refractivity (Wildman–Crippen MR) is 140 cm³/mol. The number of ketones is 1. The Balaban J connectivity index is 1.71. The number of aromatic nitrogens is 1. The molecule has 1 atom stereocenters. The summed E-state index contributed by atoms with van der Waals surface area (Å²) in [6.45, 7) is 4.28. The molecule has 2 aliphatic heterocycles. The Morgan fingerprint density at radius 3 is 2.62 bits per heavy atom.